The number of amides is 2. The number of hydrogen-bond acceptors (Lipinski definition) is 3. The summed E-state index contributed by atoms with van der Waals surface area (Å²) >= 11 is 5.76. The first-order chi connectivity index (χ1) is 12.1. The van der Waals surface area contributed by atoms with Gasteiger partial charge in [0.15, 0.2) is 11.5 Å². The number of nitrogens with one attached hydrogen (secondary N) is 2. The molecular weight excluding hydrogens is 373 g/mol. The van der Waals surface area contributed by atoms with Crippen molar-refractivity contribution in [1.82, 2.24) is 5.32 Å². The van der Waals surface area contributed by atoms with Gasteiger partial charge in [0, 0.05) is 16.8 Å². The van der Waals surface area contributed by atoms with Crippen molar-refractivity contribution in [2.75, 3.05) is 5.32 Å². The Morgan fingerprint density at radius 2 is 1.69 bits per heavy atom. The number of para-hydroxylation sites is 1. The van der Waals surface area contributed by atoms with Crippen LogP contribution in [0.4, 0.5) is 23.7 Å². The van der Waals surface area contributed by atoms with E-state index in [4.69, 9.17) is 21.1 Å². The van der Waals surface area contributed by atoms with E-state index in [2.05, 4.69) is 5.32 Å². The molecule has 138 valence electrons. The van der Waals surface area contributed by atoms with E-state index in [0.29, 0.717) is 16.8 Å². The van der Waals surface area contributed by atoms with Gasteiger partial charge >= 0.3 is 18.1 Å². The van der Waals surface area contributed by atoms with Crippen LogP contribution in [0, 0.1) is 13.8 Å². The monoisotopic (exact) mass is 386 g/mol. The fourth-order valence-electron chi connectivity index (χ4n) is 2.52. The standard InChI is InChI=1S/C17H14ClF3N2O3/c1-9-4-3-5-10(2)14(9)22-15(24)23-17(16(19,20)21)25-12-7-6-11(18)8-13(12)26-17/h3-8H,1-2H3,(H2,22,23,24)/t17-/m1/s1. The second-order valence-electron chi connectivity index (χ2n) is 5.76. The molecule has 2 aromatic carbocycles. The highest BCUT2D eigenvalue weighted by atomic mass is 35.5. The van der Waals surface area contributed by atoms with Gasteiger partial charge < -0.3 is 14.8 Å². The van der Waals surface area contributed by atoms with Gasteiger partial charge in [-0.1, -0.05) is 29.8 Å². The first-order valence-electron chi connectivity index (χ1n) is 7.51. The summed E-state index contributed by atoms with van der Waals surface area (Å²) < 4.78 is 50.7. The Balaban J connectivity index is 1.86. The molecule has 0 aliphatic carbocycles. The summed E-state index contributed by atoms with van der Waals surface area (Å²) in [6.07, 6.45) is -5.05. The SMILES string of the molecule is Cc1cccc(C)c1NC(=O)N[C@]1(C(F)(F)F)Oc2ccc(Cl)cc2O1. The quantitative estimate of drug-likeness (QED) is 0.782. The average molecular weight is 387 g/mol. The molecule has 1 atom stereocenters. The molecule has 0 unspecified atom stereocenters. The predicted octanol–water partition coefficient (Wildman–Crippen LogP) is 4.77. The molecular formula is C17H14ClF3N2O3. The van der Waals surface area contributed by atoms with E-state index in [0.717, 1.165) is 0 Å². The summed E-state index contributed by atoms with van der Waals surface area (Å²) in [5.41, 5.74) is 1.80. The molecule has 1 aliphatic heterocycles. The van der Waals surface area contributed by atoms with Crippen molar-refractivity contribution in [3.63, 3.8) is 0 Å². The minimum atomic E-state index is -5.05. The lowest BCUT2D eigenvalue weighted by Gasteiger charge is -2.29. The summed E-state index contributed by atoms with van der Waals surface area (Å²) in [6, 6.07) is 7.86. The maximum absolute atomic E-state index is 13.6. The van der Waals surface area contributed by atoms with Crippen molar-refractivity contribution in [3.8, 4) is 11.5 Å². The number of anilines is 1. The lowest BCUT2D eigenvalue weighted by Crippen LogP contribution is -2.65. The number of carbonyl (C=O) groups excluding carboxylic acids is 1. The fraction of sp³-hybridized carbons (Fsp3) is 0.235. The van der Waals surface area contributed by atoms with Gasteiger partial charge in [-0.15, -0.1) is 0 Å². The van der Waals surface area contributed by atoms with Crippen molar-refractivity contribution < 1.29 is 27.4 Å². The minimum Gasteiger partial charge on any atom is -0.424 e. The molecule has 0 spiro atoms. The zero-order chi connectivity index (χ0) is 19.1. The van der Waals surface area contributed by atoms with Gasteiger partial charge in [-0.05, 0) is 37.1 Å². The van der Waals surface area contributed by atoms with E-state index in [9.17, 15) is 18.0 Å². The molecule has 1 aliphatic rings. The number of urea groups is 1. The molecule has 2 aromatic rings. The lowest BCUT2D eigenvalue weighted by atomic mass is 10.1. The van der Waals surface area contributed by atoms with E-state index in [1.807, 2.05) is 0 Å². The summed E-state index contributed by atoms with van der Waals surface area (Å²) in [7, 11) is 0. The zero-order valence-corrected chi connectivity index (χ0v) is 14.5. The molecule has 3 rings (SSSR count). The molecule has 0 bridgehead atoms. The van der Waals surface area contributed by atoms with Crippen LogP contribution in [0.3, 0.4) is 0 Å². The molecule has 0 saturated carbocycles. The first-order valence-corrected chi connectivity index (χ1v) is 7.89. The van der Waals surface area contributed by atoms with Crippen LogP contribution in [-0.2, 0) is 0 Å². The van der Waals surface area contributed by atoms with Crippen molar-refractivity contribution in [2.24, 2.45) is 0 Å². The number of alkyl halides is 3. The molecule has 0 radical (unpaired) electrons. The van der Waals surface area contributed by atoms with Gasteiger partial charge in [0.1, 0.15) is 0 Å². The van der Waals surface area contributed by atoms with Gasteiger partial charge in [0.2, 0.25) is 0 Å². The fourth-order valence-corrected chi connectivity index (χ4v) is 2.68. The van der Waals surface area contributed by atoms with Gasteiger partial charge in [-0.2, -0.15) is 13.2 Å². The van der Waals surface area contributed by atoms with E-state index in [1.54, 1.807) is 37.4 Å². The molecule has 0 aromatic heterocycles. The Kier molecular flexibility index (Phi) is 4.39. The van der Waals surface area contributed by atoms with E-state index in [-0.39, 0.29) is 16.5 Å². The molecule has 2 amide bonds. The van der Waals surface area contributed by atoms with Crippen LogP contribution in [0.5, 0.6) is 11.5 Å². The number of aryl methyl sites for hydroxylation is 2. The average Bonchev–Trinajstić information content (AvgIpc) is 2.89. The smallest absolute Gasteiger partial charge is 0.424 e. The van der Waals surface area contributed by atoms with Crippen LogP contribution < -0.4 is 20.1 Å². The minimum absolute atomic E-state index is 0.172. The zero-order valence-electron chi connectivity index (χ0n) is 13.7. The second-order valence-corrected chi connectivity index (χ2v) is 6.19. The third-order valence-corrected chi connectivity index (χ3v) is 4.02. The molecule has 0 fully saturated rings. The largest absolute Gasteiger partial charge is 0.492 e. The molecule has 9 heteroatoms. The number of halogens is 4. The number of hydrogen-bond donors (Lipinski definition) is 2. The van der Waals surface area contributed by atoms with Crippen LogP contribution in [0.15, 0.2) is 36.4 Å². The number of benzene rings is 2. The highest BCUT2D eigenvalue weighted by Crippen LogP contribution is 2.46. The van der Waals surface area contributed by atoms with Crippen LogP contribution in [-0.4, -0.2) is 18.1 Å². The Bertz CT molecular complexity index is 853. The van der Waals surface area contributed by atoms with Crippen LogP contribution in [0.25, 0.3) is 0 Å². The Labute approximate surface area is 152 Å². The Hall–Kier alpha value is -2.61. The van der Waals surface area contributed by atoms with Gasteiger partial charge in [-0.25, -0.2) is 4.79 Å². The normalized spacial score (nSPS) is 18.5. The molecule has 5 nitrogen and oxygen atoms in total. The molecule has 2 N–H and O–H groups in total. The summed E-state index contributed by atoms with van der Waals surface area (Å²) in [4.78, 5) is 12.2. The van der Waals surface area contributed by atoms with Crippen molar-refractivity contribution in [3.05, 3.63) is 52.5 Å². The lowest BCUT2D eigenvalue weighted by molar-refractivity contribution is -0.317. The highest BCUT2D eigenvalue weighted by molar-refractivity contribution is 6.30. The topological polar surface area (TPSA) is 59.6 Å². The maximum Gasteiger partial charge on any atom is 0.492 e. The van der Waals surface area contributed by atoms with E-state index in [1.165, 1.54) is 18.2 Å². The summed E-state index contributed by atoms with van der Waals surface area (Å²) in [5, 5.41) is 4.31. The van der Waals surface area contributed by atoms with Crippen LogP contribution >= 0.6 is 11.6 Å². The van der Waals surface area contributed by atoms with Crippen LogP contribution in [0.2, 0.25) is 5.02 Å². The maximum atomic E-state index is 13.6. The number of ether oxygens (including phenoxy) is 2. The third kappa shape index (κ3) is 3.24. The molecule has 1 heterocycles. The number of rotatable bonds is 2. The third-order valence-electron chi connectivity index (χ3n) is 3.78. The number of fused-ring (bicyclic) bond motifs is 1. The van der Waals surface area contributed by atoms with Gasteiger partial charge in [0.05, 0.1) is 0 Å². The summed E-state index contributed by atoms with van der Waals surface area (Å²) in [6.45, 7) is 3.45. The molecule has 0 saturated heterocycles. The first kappa shape index (κ1) is 18.2. The van der Waals surface area contributed by atoms with Gasteiger partial charge in [0.25, 0.3) is 0 Å². The van der Waals surface area contributed by atoms with E-state index >= 15 is 0 Å². The highest BCUT2D eigenvalue weighted by Gasteiger charge is 2.65. The summed E-state index contributed by atoms with van der Waals surface area (Å²) in [5.74, 6) is -3.75. The Morgan fingerprint density at radius 3 is 2.31 bits per heavy atom. The predicted molar refractivity (Wildman–Crippen MR) is 89.6 cm³/mol. The van der Waals surface area contributed by atoms with E-state index < -0.39 is 18.1 Å². The van der Waals surface area contributed by atoms with Crippen molar-refractivity contribution >= 4 is 23.3 Å². The second kappa shape index (κ2) is 6.28. The number of carbonyl (C=O) groups is 1. The van der Waals surface area contributed by atoms with Gasteiger partial charge in [-0.3, -0.25) is 5.32 Å². The Morgan fingerprint density at radius 1 is 1.08 bits per heavy atom. The van der Waals surface area contributed by atoms with Crippen molar-refractivity contribution in [1.29, 1.82) is 0 Å². The van der Waals surface area contributed by atoms with Crippen molar-refractivity contribution in [2.45, 2.75) is 25.9 Å². The van der Waals surface area contributed by atoms with Crippen LogP contribution in [0.1, 0.15) is 11.1 Å². The molecule has 26 heavy (non-hydrogen) atoms.